The van der Waals surface area contributed by atoms with Gasteiger partial charge in [0.2, 0.25) is 0 Å². The zero-order valence-electron chi connectivity index (χ0n) is 13.2. The summed E-state index contributed by atoms with van der Waals surface area (Å²) in [6.45, 7) is 0.155. The van der Waals surface area contributed by atoms with Crippen molar-refractivity contribution in [2.75, 3.05) is 0 Å². The zero-order valence-corrected chi connectivity index (χ0v) is 13.2. The summed E-state index contributed by atoms with van der Waals surface area (Å²) in [6, 6.07) is 13.2. The number of H-pyrrole nitrogens is 1. The number of nitrogens with one attached hydrogen (secondary N) is 1. The molecule has 4 aromatic rings. The summed E-state index contributed by atoms with van der Waals surface area (Å²) in [5.74, 6) is 1.16. The molecule has 4 rings (SSSR count). The Morgan fingerprint density at radius 3 is 2.64 bits per heavy atom. The maximum absolute atomic E-state index is 12.1. The quantitative estimate of drug-likeness (QED) is 0.622. The summed E-state index contributed by atoms with van der Waals surface area (Å²) < 4.78 is 5.91. The Balaban J connectivity index is 1.64. The Hall–Kier alpha value is -3.54. The average Bonchev–Trinajstić information content (AvgIpc) is 2.67. The van der Waals surface area contributed by atoms with Crippen molar-refractivity contribution < 1.29 is 4.74 Å². The molecule has 0 aliphatic rings. The molecule has 0 radical (unpaired) electrons. The number of aromatic nitrogens is 4. The fourth-order valence-corrected chi connectivity index (χ4v) is 2.62. The second-order valence-electron chi connectivity index (χ2n) is 5.43. The summed E-state index contributed by atoms with van der Waals surface area (Å²) in [7, 11) is 0. The summed E-state index contributed by atoms with van der Waals surface area (Å²) >= 11 is 0. The van der Waals surface area contributed by atoms with Gasteiger partial charge in [-0.25, -0.2) is 4.98 Å². The van der Waals surface area contributed by atoms with Gasteiger partial charge >= 0.3 is 0 Å². The SMILES string of the molecule is O=c1[nH]c(COc2ccccc2-c2ccncc2)nc2cnccc12. The van der Waals surface area contributed by atoms with Crippen molar-refractivity contribution in [3.63, 3.8) is 0 Å². The molecule has 0 atom stereocenters. The third-order valence-corrected chi connectivity index (χ3v) is 3.80. The van der Waals surface area contributed by atoms with Gasteiger partial charge < -0.3 is 9.72 Å². The van der Waals surface area contributed by atoms with Gasteiger partial charge in [-0.05, 0) is 29.8 Å². The van der Waals surface area contributed by atoms with E-state index in [1.807, 2.05) is 36.4 Å². The van der Waals surface area contributed by atoms with Crippen LogP contribution in [0.4, 0.5) is 0 Å². The highest BCUT2D eigenvalue weighted by Gasteiger charge is 2.08. The van der Waals surface area contributed by atoms with Crippen LogP contribution >= 0.6 is 0 Å². The van der Waals surface area contributed by atoms with E-state index in [9.17, 15) is 4.79 Å². The van der Waals surface area contributed by atoms with E-state index in [1.165, 1.54) is 0 Å². The van der Waals surface area contributed by atoms with Crippen LogP contribution in [0.3, 0.4) is 0 Å². The lowest BCUT2D eigenvalue weighted by atomic mass is 10.1. The van der Waals surface area contributed by atoms with E-state index in [2.05, 4.69) is 19.9 Å². The molecule has 3 heterocycles. The number of benzene rings is 1. The van der Waals surface area contributed by atoms with Crippen molar-refractivity contribution in [3.8, 4) is 16.9 Å². The predicted octanol–water partition coefficient (Wildman–Crippen LogP) is 2.96. The molecule has 1 N–H and O–H groups in total. The number of nitrogens with zero attached hydrogens (tertiary/aromatic N) is 3. The third kappa shape index (κ3) is 3.10. The van der Waals surface area contributed by atoms with Crippen LogP contribution < -0.4 is 10.3 Å². The average molecular weight is 330 g/mol. The van der Waals surface area contributed by atoms with Crippen molar-refractivity contribution in [1.82, 2.24) is 19.9 Å². The van der Waals surface area contributed by atoms with E-state index in [0.717, 1.165) is 11.1 Å². The van der Waals surface area contributed by atoms with Gasteiger partial charge in [0.05, 0.1) is 17.1 Å². The van der Waals surface area contributed by atoms with Crippen LogP contribution in [0.2, 0.25) is 0 Å². The molecule has 0 unspecified atom stereocenters. The normalized spacial score (nSPS) is 10.7. The number of hydrogen-bond acceptors (Lipinski definition) is 5. The number of fused-ring (bicyclic) bond motifs is 1. The first kappa shape index (κ1) is 15.0. The Kier molecular flexibility index (Phi) is 3.92. The maximum atomic E-state index is 12.1. The molecule has 0 saturated heterocycles. The van der Waals surface area contributed by atoms with Gasteiger partial charge in [-0.15, -0.1) is 0 Å². The monoisotopic (exact) mass is 330 g/mol. The van der Waals surface area contributed by atoms with E-state index in [-0.39, 0.29) is 12.2 Å². The summed E-state index contributed by atoms with van der Waals surface area (Å²) in [5, 5.41) is 0.510. The standard InChI is InChI=1S/C19H14N4O2/c24-19-15-7-10-21-11-16(15)22-18(23-19)12-25-17-4-2-1-3-14(17)13-5-8-20-9-6-13/h1-11H,12H2,(H,22,23,24). The van der Waals surface area contributed by atoms with Crippen molar-refractivity contribution >= 4 is 10.9 Å². The molecule has 0 saturated carbocycles. The van der Waals surface area contributed by atoms with Crippen molar-refractivity contribution in [2.24, 2.45) is 0 Å². The number of rotatable bonds is 4. The molecular formula is C19H14N4O2. The van der Waals surface area contributed by atoms with E-state index < -0.39 is 0 Å². The molecular weight excluding hydrogens is 316 g/mol. The number of pyridine rings is 2. The Bertz CT molecular complexity index is 1080. The zero-order chi connectivity index (χ0) is 17.1. The minimum absolute atomic E-state index is 0.155. The van der Waals surface area contributed by atoms with Gasteiger partial charge in [-0.3, -0.25) is 14.8 Å². The van der Waals surface area contributed by atoms with Gasteiger partial charge in [0.1, 0.15) is 18.2 Å². The lowest BCUT2D eigenvalue weighted by Gasteiger charge is -2.11. The molecule has 6 nitrogen and oxygen atoms in total. The number of para-hydroxylation sites is 1. The van der Waals surface area contributed by atoms with Gasteiger partial charge in [0.15, 0.2) is 0 Å². The molecule has 0 aliphatic carbocycles. The van der Waals surface area contributed by atoms with E-state index >= 15 is 0 Å². The first-order chi connectivity index (χ1) is 12.3. The number of hydrogen-bond donors (Lipinski definition) is 1. The summed E-state index contributed by atoms with van der Waals surface area (Å²) in [4.78, 5) is 27.3. The minimum Gasteiger partial charge on any atom is -0.485 e. The van der Waals surface area contributed by atoms with Crippen molar-refractivity contribution in [3.05, 3.63) is 83.4 Å². The van der Waals surface area contributed by atoms with E-state index in [1.54, 1.807) is 30.9 Å². The minimum atomic E-state index is -0.201. The van der Waals surface area contributed by atoms with Crippen LogP contribution in [0, 0.1) is 0 Å². The van der Waals surface area contributed by atoms with Crippen LogP contribution in [-0.2, 0) is 6.61 Å². The third-order valence-electron chi connectivity index (χ3n) is 3.80. The molecule has 25 heavy (non-hydrogen) atoms. The number of aromatic amines is 1. The Labute approximate surface area is 143 Å². The van der Waals surface area contributed by atoms with Crippen molar-refractivity contribution in [2.45, 2.75) is 6.61 Å². The molecule has 0 amide bonds. The molecule has 122 valence electrons. The number of ether oxygens (including phenoxy) is 1. The van der Waals surface area contributed by atoms with Crippen LogP contribution in [0.5, 0.6) is 5.75 Å². The van der Waals surface area contributed by atoms with Crippen LogP contribution in [0.25, 0.3) is 22.0 Å². The van der Waals surface area contributed by atoms with Gasteiger partial charge in [-0.2, -0.15) is 0 Å². The van der Waals surface area contributed by atoms with E-state index in [4.69, 9.17) is 4.74 Å². The van der Waals surface area contributed by atoms with Crippen LogP contribution in [-0.4, -0.2) is 19.9 Å². The largest absolute Gasteiger partial charge is 0.485 e. The smallest absolute Gasteiger partial charge is 0.258 e. The molecule has 0 aliphatic heterocycles. The molecule has 1 aromatic carbocycles. The fourth-order valence-electron chi connectivity index (χ4n) is 2.62. The summed E-state index contributed by atoms with van der Waals surface area (Å²) in [5.41, 5.74) is 2.31. The van der Waals surface area contributed by atoms with Gasteiger partial charge in [-0.1, -0.05) is 18.2 Å². The predicted molar refractivity (Wildman–Crippen MR) is 94.2 cm³/mol. The summed E-state index contributed by atoms with van der Waals surface area (Å²) in [6.07, 6.45) is 6.61. The molecule has 3 aromatic heterocycles. The highest BCUT2D eigenvalue weighted by Crippen LogP contribution is 2.29. The maximum Gasteiger partial charge on any atom is 0.258 e. The lowest BCUT2D eigenvalue weighted by molar-refractivity contribution is 0.297. The fraction of sp³-hybridized carbons (Fsp3) is 0.0526. The highest BCUT2D eigenvalue weighted by atomic mass is 16.5. The molecule has 6 heteroatoms. The van der Waals surface area contributed by atoms with Crippen LogP contribution in [0.15, 0.2) is 72.0 Å². The van der Waals surface area contributed by atoms with E-state index in [0.29, 0.717) is 22.5 Å². The molecule has 0 spiro atoms. The van der Waals surface area contributed by atoms with Gasteiger partial charge in [0.25, 0.3) is 5.56 Å². The first-order valence-electron chi connectivity index (χ1n) is 7.76. The topological polar surface area (TPSA) is 80.8 Å². The lowest BCUT2D eigenvalue weighted by Crippen LogP contribution is -2.13. The van der Waals surface area contributed by atoms with Gasteiger partial charge in [0, 0.05) is 24.2 Å². The second-order valence-corrected chi connectivity index (χ2v) is 5.43. The Morgan fingerprint density at radius 2 is 1.76 bits per heavy atom. The highest BCUT2D eigenvalue weighted by molar-refractivity contribution is 5.76. The molecule has 0 bridgehead atoms. The first-order valence-corrected chi connectivity index (χ1v) is 7.76. The Morgan fingerprint density at radius 1 is 0.960 bits per heavy atom. The van der Waals surface area contributed by atoms with Crippen molar-refractivity contribution in [1.29, 1.82) is 0 Å². The molecule has 0 fully saturated rings. The van der Waals surface area contributed by atoms with Crippen LogP contribution in [0.1, 0.15) is 5.82 Å². The second kappa shape index (κ2) is 6.52.